The first-order valence-electron chi connectivity index (χ1n) is 4.84. The summed E-state index contributed by atoms with van der Waals surface area (Å²) in [6, 6.07) is 9.01. The van der Waals surface area contributed by atoms with Gasteiger partial charge in [0, 0.05) is 10.7 Å². The van der Waals surface area contributed by atoms with Crippen molar-refractivity contribution in [1.82, 2.24) is 4.98 Å². The Kier molecular flexibility index (Phi) is 4.26. The molecule has 1 heterocycles. The molecule has 0 N–H and O–H groups in total. The third-order valence-electron chi connectivity index (χ3n) is 2.07. The Labute approximate surface area is 118 Å². The summed E-state index contributed by atoms with van der Waals surface area (Å²) in [6.07, 6.45) is 1.72. The van der Waals surface area contributed by atoms with E-state index in [4.69, 9.17) is 27.9 Å². The molecule has 17 heavy (non-hydrogen) atoms. The van der Waals surface area contributed by atoms with Gasteiger partial charge in [-0.3, -0.25) is 4.98 Å². The molecule has 0 aliphatic carbocycles. The van der Waals surface area contributed by atoms with Crippen molar-refractivity contribution in [2.24, 2.45) is 0 Å². The highest BCUT2D eigenvalue weighted by molar-refractivity contribution is 9.10. The van der Waals surface area contributed by atoms with E-state index in [1.54, 1.807) is 24.4 Å². The largest absolute Gasteiger partial charge is 0.484 e. The molecule has 0 aliphatic heterocycles. The Bertz CT molecular complexity index is 496. The number of aromatic nitrogens is 1. The molecule has 2 rings (SSSR count). The number of halogens is 3. The van der Waals surface area contributed by atoms with Gasteiger partial charge in [0.2, 0.25) is 0 Å². The zero-order valence-corrected chi connectivity index (χ0v) is 11.8. The highest BCUT2D eigenvalue weighted by atomic mass is 79.9. The Hall–Kier alpha value is -0.770. The summed E-state index contributed by atoms with van der Waals surface area (Å²) in [7, 11) is 0. The first kappa shape index (κ1) is 12.7. The highest BCUT2D eigenvalue weighted by Crippen LogP contribution is 2.32. The van der Waals surface area contributed by atoms with Crippen LogP contribution in [0.1, 0.15) is 5.69 Å². The number of hydrogen-bond donors (Lipinski definition) is 0. The second-order valence-electron chi connectivity index (χ2n) is 3.31. The average Bonchev–Trinajstić information content (AvgIpc) is 2.31. The summed E-state index contributed by atoms with van der Waals surface area (Å²) in [5, 5.41) is 0.990. The van der Waals surface area contributed by atoms with Gasteiger partial charge in [-0.25, -0.2) is 0 Å². The summed E-state index contributed by atoms with van der Waals surface area (Å²) in [5.41, 5.74) is 0.809. The Morgan fingerprint density at radius 1 is 1.12 bits per heavy atom. The standard InChI is InChI=1S/C12H8BrCl2NO/c13-8-4-5-9(16-6-8)7-17-12-10(14)2-1-3-11(12)15/h1-6H,7H2. The van der Waals surface area contributed by atoms with Gasteiger partial charge in [-0.05, 0) is 40.2 Å². The van der Waals surface area contributed by atoms with Crippen molar-refractivity contribution in [2.75, 3.05) is 0 Å². The van der Waals surface area contributed by atoms with Gasteiger partial charge in [0.25, 0.3) is 0 Å². The van der Waals surface area contributed by atoms with Crippen LogP contribution in [0.15, 0.2) is 41.0 Å². The SMILES string of the molecule is Clc1cccc(Cl)c1OCc1ccc(Br)cn1. The van der Waals surface area contributed by atoms with Crippen LogP contribution in [0.25, 0.3) is 0 Å². The number of hydrogen-bond acceptors (Lipinski definition) is 2. The van der Waals surface area contributed by atoms with Crippen molar-refractivity contribution in [3.8, 4) is 5.75 Å². The van der Waals surface area contributed by atoms with E-state index in [2.05, 4.69) is 20.9 Å². The van der Waals surface area contributed by atoms with Gasteiger partial charge in [0.05, 0.1) is 15.7 Å². The number of benzene rings is 1. The summed E-state index contributed by atoms with van der Waals surface area (Å²) in [5.74, 6) is 0.487. The third-order valence-corrected chi connectivity index (χ3v) is 3.14. The highest BCUT2D eigenvalue weighted by Gasteiger charge is 2.06. The van der Waals surface area contributed by atoms with Crippen LogP contribution < -0.4 is 4.74 Å². The van der Waals surface area contributed by atoms with Crippen LogP contribution in [0.2, 0.25) is 10.0 Å². The van der Waals surface area contributed by atoms with Crippen LogP contribution in [0, 0.1) is 0 Å². The predicted octanol–water partition coefficient (Wildman–Crippen LogP) is 4.73. The quantitative estimate of drug-likeness (QED) is 0.810. The molecular weight excluding hydrogens is 325 g/mol. The van der Waals surface area contributed by atoms with Crippen molar-refractivity contribution in [3.05, 3.63) is 56.7 Å². The van der Waals surface area contributed by atoms with Crippen molar-refractivity contribution in [1.29, 1.82) is 0 Å². The molecule has 0 atom stereocenters. The second-order valence-corrected chi connectivity index (χ2v) is 5.04. The smallest absolute Gasteiger partial charge is 0.157 e. The van der Waals surface area contributed by atoms with E-state index >= 15 is 0 Å². The maximum absolute atomic E-state index is 5.98. The predicted molar refractivity (Wildman–Crippen MR) is 72.7 cm³/mol. The fourth-order valence-corrected chi connectivity index (χ4v) is 2.00. The van der Waals surface area contributed by atoms with E-state index in [0.717, 1.165) is 10.2 Å². The normalized spacial score (nSPS) is 10.3. The van der Waals surface area contributed by atoms with Gasteiger partial charge in [-0.1, -0.05) is 29.3 Å². The van der Waals surface area contributed by atoms with Crippen molar-refractivity contribution < 1.29 is 4.74 Å². The zero-order chi connectivity index (χ0) is 12.3. The molecule has 0 unspecified atom stereocenters. The molecule has 2 nitrogen and oxygen atoms in total. The summed E-state index contributed by atoms with van der Waals surface area (Å²) >= 11 is 15.3. The van der Waals surface area contributed by atoms with Crippen LogP contribution in [-0.4, -0.2) is 4.98 Å². The molecule has 0 fully saturated rings. The molecule has 1 aromatic carbocycles. The topological polar surface area (TPSA) is 22.1 Å². The number of para-hydroxylation sites is 1. The lowest BCUT2D eigenvalue weighted by Gasteiger charge is -2.09. The maximum atomic E-state index is 5.98. The minimum Gasteiger partial charge on any atom is -0.484 e. The minimum absolute atomic E-state index is 0.330. The second kappa shape index (κ2) is 5.71. The fourth-order valence-electron chi connectivity index (χ4n) is 1.26. The summed E-state index contributed by atoms with van der Waals surface area (Å²) < 4.78 is 6.48. The molecule has 0 saturated heterocycles. The minimum atomic E-state index is 0.330. The van der Waals surface area contributed by atoms with Gasteiger partial charge >= 0.3 is 0 Å². The van der Waals surface area contributed by atoms with E-state index in [1.807, 2.05) is 12.1 Å². The van der Waals surface area contributed by atoms with Gasteiger partial charge in [-0.2, -0.15) is 0 Å². The van der Waals surface area contributed by atoms with Crippen LogP contribution in [0.5, 0.6) is 5.75 Å². The Morgan fingerprint density at radius 3 is 2.41 bits per heavy atom. The molecule has 0 spiro atoms. The fraction of sp³-hybridized carbons (Fsp3) is 0.0833. The molecule has 5 heteroatoms. The van der Waals surface area contributed by atoms with E-state index in [-0.39, 0.29) is 0 Å². The molecule has 0 amide bonds. The third kappa shape index (κ3) is 3.35. The lowest BCUT2D eigenvalue weighted by atomic mass is 10.3. The van der Waals surface area contributed by atoms with Crippen molar-refractivity contribution in [3.63, 3.8) is 0 Å². The van der Waals surface area contributed by atoms with Crippen LogP contribution in [0.3, 0.4) is 0 Å². The molecule has 1 aromatic heterocycles. The number of ether oxygens (including phenoxy) is 1. The van der Waals surface area contributed by atoms with Crippen molar-refractivity contribution in [2.45, 2.75) is 6.61 Å². The maximum Gasteiger partial charge on any atom is 0.157 e. The van der Waals surface area contributed by atoms with Crippen molar-refractivity contribution >= 4 is 39.1 Å². The number of nitrogens with zero attached hydrogens (tertiary/aromatic N) is 1. The summed E-state index contributed by atoms with van der Waals surface area (Å²) in [6.45, 7) is 0.330. The van der Waals surface area contributed by atoms with Gasteiger partial charge in [0.1, 0.15) is 6.61 Å². The van der Waals surface area contributed by atoms with Gasteiger partial charge in [0.15, 0.2) is 5.75 Å². The molecule has 0 saturated carbocycles. The molecule has 0 radical (unpaired) electrons. The first-order valence-corrected chi connectivity index (χ1v) is 6.39. The van der Waals surface area contributed by atoms with Crippen LogP contribution in [-0.2, 0) is 6.61 Å². The molecule has 0 bridgehead atoms. The van der Waals surface area contributed by atoms with Gasteiger partial charge < -0.3 is 4.74 Å². The van der Waals surface area contributed by atoms with Gasteiger partial charge in [-0.15, -0.1) is 0 Å². The van der Waals surface area contributed by atoms with Crippen LogP contribution in [0.4, 0.5) is 0 Å². The summed E-state index contributed by atoms with van der Waals surface area (Å²) in [4.78, 5) is 4.19. The van der Waals surface area contributed by atoms with E-state index in [9.17, 15) is 0 Å². The monoisotopic (exact) mass is 331 g/mol. The van der Waals surface area contributed by atoms with E-state index < -0.39 is 0 Å². The molecule has 88 valence electrons. The van der Waals surface area contributed by atoms with Crippen LogP contribution >= 0.6 is 39.1 Å². The molecular formula is C12H8BrCl2NO. The molecule has 0 aliphatic rings. The lowest BCUT2D eigenvalue weighted by molar-refractivity contribution is 0.301. The lowest BCUT2D eigenvalue weighted by Crippen LogP contribution is -1.98. The number of rotatable bonds is 3. The van der Waals surface area contributed by atoms with E-state index in [1.165, 1.54) is 0 Å². The Balaban J connectivity index is 2.10. The average molecular weight is 333 g/mol. The number of pyridine rings is 1. The van der Waals surface area contributed by atoms with E-state index in [0.29, 0.717) is 22.4 Å². The first-order chi connectivity index (χ1) is 8.16. The zero-order valence-electron chi connectivity index (χ0n) is 8.66. The molecule has 2 aromatic rings. The Morgan fingerprint density at radius 2 is 1.82 bits per heavy atom.